The van der Waals surface area contributed by atoms with Crippen molar-refractivity contribution in [2.24, 2.45) is 5.92 Å². The number of nitrogens with zero attached hydrogens (tertiary/aromatic N) is 1. The molecule has 20 heavy (non-hydrogen) atoms. The minimum Gasteiger partial charge on any atom is -0.355 e. The van der Waals surface area contributed by atoms with Crippen molar-refractivity contribution in [2.45, 2.75) is 38.6 Å². The molecule has 1 fully saturated rings. The molecule has 1 aromatic rings. The molecule has 1 atom stereocenters. The number of nitrogens with one attached hydrogen (secondary N) is 2. The predicted octanol–water partition coefficient (Wildman–Crippen LogP) is 0.713. The van der Waals surface area contributed by atoms with Crippen LogP contribution in [0.25, 0.3) is 0 Å². The Morgan fingerprint density at radius 3 is 3.10 bits per heavy atom. The predicted molar refractivity (Wildman–Crippen MR) is 73.8 cm³/mol. The Morgan fingerprint density at radius 1 is 1.40 bits per heavy atom. The van der Waals surface area contributed by atoms with Crippen molar-refractivity contribution in [3.63, 3.8) is 0 Å². The number of fused-ring (bicyclic) bond motifs is 1. The molecule has 1 aromatic heterocycles. The van der Waals surface area contributed by atoms with E-state index in [1.54, 1.807) is 0 Å². The maximum absolute atomic E-state index is 12.0. The number of aryl methyl sites for hydroxylation is 2. The van der Waals surface area contributed by atoms with E-state index in [9.17, 15) is 9.59 Å². The van der Waals surface area contributed by atoms with Crippen LogP contribution >= 0.6 is 0 Å². The van der Waals surface area contributed by atoms with Crippen molar-refractivity contribution in [2.75, 3.05) is 6.54 Å². The second-order valence-corrected chi connectivity index (χ2v) is 5.56. The monoisotopic (exact) mass is 273 g/mol. The Labute approximate surface area is 118 Å². The van der Waals surface area contributed by atoms with Gasteiger partial charge in [-0.3, -0.25) is 14.6 Å². The van der Waals surface area contributed by atoms with Crippen LogP contribution in [0.2, 0.25) is 0 Å². The van der Waals surface area contributed by atoms with Crippen LogP contribution in [0.15, 0.2) is 12.3 Å². The van der Waals surface area contributed by atoms with Gasteiger partial charge >= 0.3 is 0 Å². The highest BCUT2D eigenvalue weighted by Gasteiger charge is 2.24. The number of hydrogen-bond acceptors (Lipinski definition) is 3. The van der Waals surface area contributed by atoms with E-state index in [0.717, 1.165) is 18.4 Å². The van der Waals surface area contributed by atoms with Crippen molar-refractivity contribution >= 4 is 11.8 Å². The highest BCUT2D eigenvalue weighted by molar-refractivity contribution is 5.83. The average molecular weight is 273 g/mol. The maximum Gasteiger partial charge on any atom is 0.225 e. The van der Waals surface area contributed by atoms with E-state index in [-0.39, 0.29) is 17.7 Å². The number of carbonyl (C=O) groups is 2. The van der Waals surface area contributed by atoms with Crippen LogP contribution in [0, 0.1) is 5.92 Å². The van der Waals surface area contributed by atoms with E-state index in [4.69, 9.17) is 0 Å². The van der Waals surface area contributed by atoms with Gasteiger partial charge in [0.25, 0.3) is 0 Å². The molecule has 0 saturated carbocycles. The molecule has 2 aliphatic rings. The van der Waals surface area contributed by atoms with E-state index >= 15 is 0 Å². The zero-order valence-corrected chi connectivity index (χ0v) is 11.4. The molecule has 0 unspecified atom stereocenters. The molecule has 5 heteroatoms. The van der Waals surface area contributed by atoms with Gasteiger partial charge in [0.1, 0.15) is 0 Å². The molecule has 106 valence electrons. The van der Waals surface area contributed by atoms with E-state index in [2.05, 4.69) is 21.7 Å². The lowest BCUT2D eigenvalue weighted by Gasteiger charge is -2.21. The van der Waals surface area contributed by atoms with Crippen molar-refractivity contribution in [1.82, 2.24) is 15.6 Å². The summed E-state index contributed by atoms with van der Waals surface area (Å²) in [4.78, 5) is 27.5. The lowest BCUT2D eigenvalue weighted by atomic mass is 9.98. The number of piperidine rings is 1. The van der Waals surface area contributed by atoms with Crippen LogP contribution in [0.4, 0.5) is 0 Å². The number of hydrogen-bond donors (Lipinski definition) is 2. The first-order valence-electron chi connectivity index (χ1n) is 7.23. The summed E-state index contributed by atoms with van der Waals surface area (Å²) in [6.07, 6.45) is 6.29. The quantitative estimate of drug-likeness (QED) is 0.852. The number of carbonyl (C=O) groups excluding carboxylic acids is 2. The second-order valence-electron chi connectivity index (χ2n) is 5.56. The molecular weight excluding hydrogens is 254 g/mol. The minimum atomic E-state index is -0.102. The zero-order chi connectivity index (χ0) is 13.9. The molecule has 2 heterocycles. The van der Waals surface area contributed by atoms with Gasteiger partial charge in [0.05, 0.1) is 5.92 Å². The first-order chi connectivity index (χ1) is 9.72. The first-order valence-corrected chi connectivity index (χ1v) is 7.23. The standard InChI is InChI=1S/C15H19N3O2/c19-14-5-4-12(9-17-14)15(20)18-8-10-6-11-2-1-3-13(11)16-7-10/h6-7,12H,1-5,8-9H2,(H,17,19)(H,18,20)/t12-/m1/s1. The fourth-order valence-electron chi connectivity index (χ4n) is 2.86. The Bertz CT molecular complexity index is 532. The van der Waals surface area contributed by atoms with Gasteiger partial charge in [-0.1, -0.05) is 6.07 Å². The third-order valence-electron chi connectivity index (χ3n) is 4.08. The molecule has 0 bridgehead atoms. The zero-order valence-electron chi connectivity index (χ0n) is 11.4. The van der Waals surface area contributed by atoms with Gasteiger partial charge in [-0.15, -0.1) is 0 Å². The molecule has 5 nitrogen and oxygen atoms in total. The molecule has 1 aliphatic carbocycles. The second kappa shape index (κ2) is 5.61. The summed E-state index contributed by atoms with van der Waals surface area (Å²) in [7, 11) is 0. The molecule has 0 spiro atoms. The molecular formula is C15H19N3O2. The van der Waals surface area contributed by atoms with Gasteiger partial charge in [0, 0.05) is 31.4 Å². The van der Waals surface area contributed by atoms with Crippen LogP contribution in [-0.4, -0.2) is 23.3 Å². The molecule has 1 aliphatic heterocycles. The number of pyridine rings is 1. The van der Waals surface area contributed by atoms with Crippen LogP contribution < -0.4 is 10.6 Å². The molecule has 0 aromatic carbocycles. The third-order valence-corrected chi connectivity index (χ3v) is 4.08. The fourth-order valence-corrected chi connectivity index (χ4v) is 2.86. The lowest BCUT2D eigenvalue weighted by molar-refractivity contribution is -0.129. The SMILES string of the molecule is O=C1CC[C@@H](C(=O)NCc2cnc3c(c2)CCC3)CN1. The van der Waals surface area contributed by atoms with E-state index in [0.29, 0.717) is 25.9 Å². The highest BCUT2D eigenvalue weighted by atomic mass is 16.2. The summed E-state index contributed by atoms with van der Waals surface area (Å²) >= 11 is 0. The Hall–Kier alpha value is -1.91. The van der Waals surface area contributed by atoms with Crippen molar-refractivity contribution in [3.05, 3.63) is 29.1 Å². The van der Waals surface area contributed by atoms with Gasteiger partial charge in [0.15, 0.2) is 0 Å². The number of rotatable bonds is 3. The van der Waals surface area contributed by atoms with Gasteiger partial charge in [-0.25, -0.2) is 0 Å². The van der Waals surface area contributed by atoms with E-state index < -0.39 is 0 Å². The summed E-state index contributed by atoms with van der Waals surface area (Å²) in [5.74, 6) is -0.0440. The maximum atomic E-state index is 12.0. The van der Waals surface area contributed by atoms with E-state index in [1.165, 1.54) is 17.7 Å². The number of aromatic nitrogens is 1. The Balaban J connectivity index is 1.54. The summed E-state index contributed by atoms with van der Waals surface area (Å²) in [6, 6.07) is 2.15. The lowest BCUT2D eigenvalue weighted by Crippen LogP contribution is -2.42. The van der Waals surface area contributed by atoms with Crippen molar-refractivity contribution in [3.8, 4) is 0 Å². The topological polar surface area (TPSA) is 71.1 Å². The Morgan fingerprint density at radius 2 is 2.30 bits per heavy atom. The molecule has 2 amide bonds. The summed E-state index contributed by atoms with van der Waals surface area (Å²) in [5, 5.41) is 5.68. The minimum absolute atomic E-state index is 0.0190. The fraction of sp³-hybridized carbons (Fsp3) is 0.533. The van der Waals surface area contributed by atoms with Crippen molar-refractivity contribution < 1.29 is 9.59 Å². The summed E-state index contributed by atoms with van der Waals surface area (Å²) in [5.41, 5.74) is 3.58. The number of amides is 2. The van der Waals surface area contributed by atoms with Crippen LogP contribution in [0.1, 0.15) is 36.1 Å². The normalized spacial score (nSPS) is 21.2. The van der Waals surface area contributed by atoms with Gasteiger partial charge < -0.3 is 10.6 Å². The van der Waals surface area contributed by atoms with Gasteiger partial charge in [-0.2, -0.15) is 0 Å². The summed E-state index contributed by atoms with van der Waals surface area (Å²) < 4.78 is 0. The van der Waals surface area contributed by atoms with Crippen LogP contribution in [0.3, 0.4) is 0 Å². The van der Waals surface area contributed by atoms with Gasteiger partial charge in [-0.05, 0) is 36.8 Å². The third kappa shape index (κ3) is 2.81. The molecule has 3 rings (SSSR count). The van der Waals surface area contributed by atoms with Gasteiger partial charge in [0.2, 0.25) is 11.8 Å². The molecule has 0 radical (unpaired) electrons. The smallest absolute Gasteiger partial charge is 0.225 e. The highest BCUT2D eigenvalue weighted by Crippen LogP contribution is 2.20. The first kappa shape index (κ1) is 13.1. The molecule has 1 saturated heterocycles. The van der Waals surface area contributed by atoms with E-state index in [1.807, 2.05) is 6.20 Å². The Kier molecular flexibility index (Phi) is 3.67. The average Bonchev–Trinajstić information content (AvgIpc) is 2.93. The van der Waals surface area contributed by atoms with Crippen LogP contribution in [0.5, 0.6) is 0 Å². The largest absolute Gasteiger partial charge is 0.355 e. The van der Waals surface area contributed by atoms with Crippen LogP contribution in [-0.2, 0) is 29.0 Å². The molecule has 2 N–H and O–H groups in total. The van der Waals surface area contributed by atoms with Crippen molar-refractivity contribution in [1.29, 1.82) is 0 Å². The summed E-state index contributed by atoms with van der Waals surface area (Å²) in [6.45, 7) is 0.969.